The number of carbonyl (C=O) groups is 2. The third-order valence-electron chi connectivity index (χ3n) is 8.03. The van der Waals surface area contributed by atoms with Crippen molar-refractivity contribution in [3.05, 3.63) is 0 Å². The first-order chi connectivity index (χ1) is 19.5. The summed E-state index contributed by atoms with van der Waals surface area (Å²) in [5.41, 5.74) is 0. The summed E-state index contributed by atoms with van der Waals surface area (Å²) in [5, 5.41) is 30.6. The summed E-state index contributed by atoms with van der Waals surface area (Å²) in [7, 11) is 0. The highest BCUT2D eigenvalue weighted by Crippen LogP contribution is 2.12. The number of hydrogen-bond acceptors (Lipinski definition) is 6. The van der Waals surface area contributed by atoms with Gasteiger partial charge in [-0.2, -0.15) is 0 Å². The molecule has 1 fully saturated rings. The Labute approximate surface area is 245 Å². The van der Waals surface area contributed by atoms with Gasteiger partial charge >= 0.3 is 0 Å². The summed E-state index contributed by atoms with van der Waals surface area (Å²) in [5.74, 6) is -0.154. The lowest BCUT2D eigenvalue weighted by molar-refractivity contribution is -0.140. The number of carbonyl (C=O) groups excluding carboxylic acids is 2. The zero-order valence-electron chi connectivity index (χ0n) is 26.1. The van der Waals surface area contributed by atoms with Gasteiger partial charge in [0.05, 0.1) is 31.5 Å². The number of hydrogen-bond donors (Lipinski definition) is 5. The van der Waals surface area contributed by atoms with Crippen LogP contribution in [0.4, 0.5) is 0 Å². The van der Waals surface area contributed by atoms with Crippen LogP contribution in [0.3, 0.4) is 0 Å². The summed E-state index contributed by atoms with van der Waals surface area (Å²) in [4.78, 5) is 25.4. The standard InChI is InChI=1S/C32H64N4O4/c1-3-5-7-9-11-13-15-17-20-28(37)24-33-30(22-19-23-36-27-31(39)35-26-32(36)40)34-25-29(38)21-18-16-14-12-10-8-6-4-2/h28-30,33-34,37-38H,3-27H2,1-2H3,(H,35,39). The lowest BCUT2D eigenvalue weighted by atomic mass is 10.1. The maximum Gasteiger partial charge on any atom is 0.242 e. The number of nitrogens with zero attached hydrogens (tertiary/aromatic N) is 1. The number of aliphatic hydroxyl groups excluding tert-OH is 2. The van der Waals surface area contributed by atoms with Crippen LogP contribution in [0.1, 0.15) is 142 Å². The first kappa shape index (κ1) is 36.8. The van der Waals surface area contributed by atoms with Crippen LogP contribution in [-0.2, 0) is 9.59 Å². The minimum atomic E-state index is -0.390. The molecule has 0 saturated carbocycles. The predicted octanol–water partition coefficient (Wildman–Crippen LogP) is 5.01. The molecular weight excluding hydrogens is 504 g/mol. The van der Waals surface area contributed by atoms with Crippen molar-refractivity contribution in [3.63, 3.8) is 0 Å². The third kappa shape index (κ3) is 20.6. The van der Waals surface area contributed by atoms with E-state index >= 15 is 0 Å². The maximum atomic E-state index is 12.1. The SMILES string of the molecule is CCCCCCCCCCC(O)CNC(CCCN1CC(=O)NCC1=O)NCC(O)CCCCCCCCCC. The molecule has 1 heterocycles. The van der Waals surface area contributed by atoms with Crippen LogP contribution in [0, 0.1) is 0 Å². The molecular formula is C32H64N4O4. The Morgan fingerprint density at radius 1 is 0.675 bits per heavy atom. The maximum absolute atomic E-state index is 12.1. The van der Waals surface area contributed by atoms with E-state index in [1.54, 1.807) is 4.90 Å². The molecule has 2 atom stereocenters. The van der Waals surface area contributed by atoms with E-state index in [-0.39, 0.29) is 43.3 Å². The normalized spacial score (nSPS) is 16.2. The molecule has 8 nitrogen and oxygen atoms in total. The second-order valence-corrected chi connectivity index (χ2v) is 11.9. The summed E-state index contributed by atoms with van der Waals surface area (Å²) in [6.45, 7) is 6.23. The molecule has 5 N–H and O–H groups in total. The molecule has 0 radical (unpaired) electrons. The molecule has 1 aliphatic heterocycles. The molecule has 0 aromatic carbocycles. The molecule has 40 heavy (non-hydrogen) atoms. The molecule has 236 valence electrons. The lowest BCUT2D eigenvalue weighted by Crippen LogP contribution is -2.52. The van der Waals surface area contributed by atoms with Gasteiger partial charge in [-0.05, 0) is 25.7 Å². The van der Waals surface area contributed by atoms with Crippen molar-refractivity contribution in [3.8, 4) is 0 Å². The Morgan fingerprint density at radius 2 is 1.12 bits per heavy atom. The van der Waals surface area contributed by atoms with Crippen LogP contribution < -0.4 is 16.0 Å². The van der Waals surface area contributed by atoms with Crippen molar-refractivity contribution in [1.82, 2.24) is 20.9 Å². The van der Waals surface area contributed by atoms with Crippen molar-refractivity contribution in [1.29, 1.82) is 0 Å². The number of rotatable bonds is 28. The molecule has 1 saturated heterocycles. The van der Waals surface area contributed by atoms with Gasteiger partial charge in [-0.1, -0.05) is 117 Å². The Kier molecular flexibility index (Phi) is 23.5. The topological polar surface area (TPSA) is 114 Å². The van der Waals surface area contributed by atoms with Gasteiger partial charge in [0.15, 0.2) is 0 Å². The van der Waals surface area contributed by atoms with Gasteiger partial charge in [0.25, 0.3) is 0 Å². The van der Waals surface area contributed by atoms with Gasteiger partial charge in [-0.15, -0.1) is 0 Å². The third-order valence-corrected chi connectivity index (χ3v) is 8.03. The van der Waals surface area contributed by atoms with Crippen LogP contribution >= 0.6 is 0 Å². The fourth-order valence-corrected chi connectivity index (χ4v) is 5.36. The van der Waals surface area contributed by atoms with Crippen LogP contribution in [0.25, 0.3) is 0 Å². The highest BCUT2D eigenvalue weighted by atomic mass is 16.3. The van der Waals surface area contributed by atoms with E-state index in [0.717, 1.165) is 38.5 Å². The highest BCUT2D eigenvalue weighted by molar-refractivity contribution is 5.92. The number of nitrogens with one attached hydrogen (secondary N) is 3. The molecule has 8 heteroatoms. The monoisotopic (exact) mass is 568 g/mol. The second kappa shape index (κ2) is 25.5. The second-order valence-electron chi connectivity index (χ2n) is 11.9. The van der Waals surface area contributed by atoms with E-state index in [0.29, 0.717) is 19.6 Å². The van der Waals surface area contributed by atoms with Gasteiger partial charge in [0.2, 0.25) is 11.8 Å². The minimum absolute atomic E-state index is 0.0429. The van der Waals surface area contributed by atoms with Gasteiger partial charge < -0.3 is 20.4 Å². The van der Waals surface area contributed by atoms with E-state index in [4.69, 9.17) is 0 Å². The lowest BCUT2D eigenvalue weighted by Gasteiger charge is -2.28. The van der Waals surface area contributed by atoms with E-state index < -0.39 is 0 Å². The average molecular weight is 569 g/mol. The number of unbranched alkanes of at least 4 members (excludes halogenated alkanes) is 14. The molecule has 2 amide bonds. The van der Waals surface area contributed by atoms with Gasteiger partial charge in [-0.25, -0.2) is 0 Å². The quantitative estimate of drug-likeness (QED) is 0.0670. The average Bonchev–Trinajstić information content (AvgIpc) is 2.94. The highest BCUT2D eigenvalue weighted by Gasteiger charge is 2.23. The Hall–Kier alpha value is -1.22. The first-order valence-electron chi connectivity index (χ1n) is 16.8. The van der Waals surface area contributed by atoms with Crippen molar-refractivity contribution in [2.45, 2.75) is 161 Å². The Morgan fingerprint density at radius 3 is 1.60 bits per heavy atom. The van der Waals surface area contributed by atoms with Crippen molar-refractivity contribution in [2.24, 2.45) is 0 Å². The molecule has 1 rings (SSSR count). The molecule has 0 spiro atoms. The first-order valence-corrected chi connectivity index (χ1v) is 16.8. The van der Waals surface area contributed by atoms with E-state index in [2.05, 4.69) is 29.8 Å². The largest absolute Gasteiger partial charge is 0.392 e. The zero-order chi connectivity index (χ0) is 29.3. The van der Waals surface area contributed by atoms with E-state index in [1.807, 2.05) is 0 Å². The van der Waals surface area contributed by atoms with Gasteiger partial charge in [0, 0.05) is 19.6 Å². The summed E-state index contributed by atoms with van der Waals surface area (Å²) in [6.07, 6.45) is 22.3. The van der Waals surface area contributed by atoms with Gasteiger partial charge in [0.1, 0.15) is 0 Å². The molecule has 0 bridgehead atoms. The van der Waals surface area contributed by atoms with Crippen molar-refractivity contribution < 1.29 is 19.8 Å². The fourth-order valence-electron chi connectivity index (χ4n) is 5.36. The Bertz CT molecular complexity index is 592. The van der Waals surface area contributed by atoms with Crippen LogP contribution in [0.2, 0.25) is 0 Å². The fraction of sp³-hybridized carbons (Fsp3) is 0.938. The molecule has 0 aliphatic carbocycles. The number of piperazine rings is 1. The van der Waals surface area contributed by atoms with Crippen molar-refractivity contribution in [2.75, 3.05) is 32.7 Å². The number of amides is 2. The van der Waals surface area contributed by atoms with Crippen molar-refractivity contribution >= 4 is 11.8 Å². The van der Waals surface area contributed by atoms with E-state index in [1.165, 1.54) is 89.9 Å². The van der Waals surface area contributed by atoms with Crippen LogP contribution in [0.15, 0.2) is 0 Å². The van der Waals surface area contributed by atoms with Crippen LogP contribution in [0.5, 0.6) is 0 Å². The molecule has 0 aromatic heterocycles. The Balaban J connectivity index is 2.32. The zero-order valence-corrected chi connectivity index (χ0v) is 26.1. The summed E-state index contributed by atoms with van der Waals surface area (Å²) in [6, 6.07) is 0. The number of aliphatic hydroxyl groups is 2. The minimum Gasteiger partial charge on any atom is -0.392 e. The molecule has 1 aliphatic rings. The summed E-state index contributed by atoms with van der Waals surface area (Å²) >= 11 is 0. The molecule has 0 aromatic rings. The predicted molar refractivity (Wildman–Crippen MR) is 165 cm³/mol. The van der Waals surface area contributed by atoms with E-state index in [9.17, 15) is 19.8 Å². The summed E-state index contributed by atoms with van der Waals surface area (Å²) < 4.78 is 0. The smallest absolute Gasteiger partial charge is 0.242 e. The molecule has 2 unspecified atom stereocenters. The van der Waals surface area contributed by atoms with Gasteiger partial charge in [-0.3, -0.25) is 20.2 Å². The van der Waals surface area contributed by atoms with Crippen LogP contribution in [-0.4, -0.2) is 78.0 Å².